The third-order valence-corrected chi connectivity index (χ3v) is 3.00. The normalized spacial score (nSPS) is 9.95. The summed E-state index contributed by atoms with van der Waals surface area (Å²) in [6, 6.07) is 12.0. The first-order valence-corrected chi connectivity index (χ1v) is 6.31. The molecule has 2 aromatic carbocycles. The van der Waals surface area contributed by atoms with Crippen molar-refractivity contribution in [2.75, 3.05) is 19.5 Å². The number of hydrogen-bond acceptors (Lipinski definition) is 3. The molecular formula is C15H14ClNO3. The Bertz CT molecular complexity index is 628. The molecule has 20 heavy (non-hydrogen) atoms. The van der Waals surface area contributed by atoms with Crippen molar-refractivity contribution in [1.29, 1.82) is 0 Å². The Morgan fingerprint density at radius 2 is 1.75 bits per heavy atom. The summed E-state index contributed by atoms with van der Waals surface area (Å²) in [6.45, 7) is 0. The van der Waals surface area contributed by atoms with Gasteiger partial charge in [-0.3, -0.25) is 4.79 Å². The highest BCUT2D eigenvalue weighted by Gasteiger charge is 2.14. The largest absolute Gasteiger partial charge is 0.496 e. The molecule has 0 heterocycles. The van der Waals surface area contributed by atoms with Crippen LogP contribution in [0.25, 0.3) is 0 Å². The lowest BCUT2D eigenvalue weighted by Gasteiger charge is -2.12. The zero-order chi connectivity index (χ0) is 14.5. The second-order valence-electron chi connectivity index (χ2n) is 4.00. The maximum Gasteiger partial charge on any atom is 0.259 e. The Labute approximate surface area is 122 Å². The lowest BCUT2D eigenvalue weighted by atomic mass is 10.2. The van der Waals surface area contributed by atoms with Crippen LogP contribution in [0.4, 0.5) is 5.69 Å². The second-order valence-corrected chi connectivity index (χ2v) is 4.44. The molecule has 0 atom stereocenters. The van der Waals surface area contributed by atoms with Crippen molar-refractivity contribution >= 4 is 23.2 Å². The topological polar surface area (TPSA) is 47.6 Å². The number of carbonyl (C=O) groups excluding carboxylic acids is 1. The molecule has 0 saturated carbocycles. The molecule has 1 amide bonds. The van der Waals surface area contributed by atoms with E-state index in [4.69, 9.17) is 21.1 Å². The molecule has 0 aliphatic rings. The number of anilines is 1. The first-order chi connectivity index (χ1) is 9.65. The molecule has 0 fully saturated rings. The van der Waals surface area contributed by atoms with Gasteiger partial charge in [-0.05, 0) is 30.3 Å². The summed E-state index contributed by atoms with van der Waals surface area (Å²) in [7, 11) is 3.05. The number of halogens is 1. The summed E-state index contributed by atoms with van der Waals surface area (Å²) in [5.74, 6) is 0.756. The molecule has 0 aliphatic carbocycles. The molecule has 4 nitrogen and oxygen atoms in total. The van der Waals surface area contributed by atoms with Crippen LogP contribution in [0, 0.1) is 0 Å². The van der Waals surface area contributed by atoms with Crippen molar-refractivity contribution in [3.63, 3.8) is 0 Å². The molecule has 104 valence electrons. The summed E-state index contributed by atoms with van der Waals surface area (Å²) in [6.07, 6.45) is 0. The SMILES string of the molecule is COc1ccc(Cl)cc1NC(=O)c1ccccc1OC. The van der Waals surface area contributed by atoms with Crippen LogP contribution in [0.1, 0.15) is 10.4 Å². The van der Waals surface area contributed by atoms with Crippen molar-refractivity contribution in [2.24, 2.45) is 0 Å². The molecular weight excluding hydrogens is 278 g/mol. The summed E-state index contributed by atoms with van der Waals surface area (Å²) < 4.78 is 10.4. The molecule has 2 rings (SSSR count). The summed E-state index contributed by atoms with van der Waals surface area (Å²) in [4.78, 5) is 12.3. The highest BCUT2D eigenvalue weighted by atomic mass is 35.5. The standard InChI is InChI=1S/C15H14ClNO3/c1-19-13-6-4-3-5-11(13)15(18)17-12-9-10(16)7-8-14(12)20-2/h3-9H,1-2H3,(H,17,18). The van der Waals surface area contributed by atoms with Gasteiger partial charge in [-0.2, -0.15) is 0 Å². The van der Waals surface area contributed by atoms with Crippen LogP contribution in [0.2, 0.25) is 5.02 Å². The van der Waals surface area contributed by atoms with Crippen LogP contribution in [0.15, 0.2) is 42.5 Å². The van der Waals surface area contributed by atoms with Gasteiger partial charge in [0.15, 0.2) is 0 Å². The van der Waals surface area contributed by atoms with E-state index >= 15 is 0 Å². The zero-order valence-electron chi connectivity index (χ0n) is 11.1. The van der Waals surface area contributed by atoms with E-state index in [2.05, 4.69) is 5.32 Å². The van der Waals surface area contributed by atoms with Crippen molar-refractivity contribution in [3.8, 4) is 11.5 Å². The van der Waals surface area contributed by atoms with E-state index in [-0.39, 0.29) is 5.91 Å². The number of nitrogens with one attached hydrogen (secondary N) is 1. The summed E-state index contributed by atoms with van der Waals surface area (Å²) in [5.41, 5.74) is 0.952. The maximum absolute atomic E-state index is 12.3. The molecule has 0 aliphatic heterocycles. The Kier molecular flexibility index (Phi) is 4.48. The van der Waals surface area contributed by atoms with Gasteiger partial charge in [0.2, 0.25) is 0 Å². The number of ether oxygens (including phenoxy) is 2. The van der Waals surface area contributed by atoms with Crippen LogP contribution in [0.3, 0.4) is 0 Å². The zero-order valence-corrected chi connectivity index (χ0v) is 11.9. The van der Waals surface area contributed by atoms with Gasteiger partial charge in [0.1, 0.15) is 11.5 Å². The predicted molar refractivity (Wildman–Crippen MR) is 79.0 cm³/mol. The monoisotopic (exact) mass is 291 g/mol. The minimum Gasteiger partial charge on any atom is -0.496 e. The number of para-hydroxylation sites is 1. The molecule has 0 unspecified atom stereocenters. The van der Waals surface area contributed by atoms with Crippen molar-refractivity contribution in [3.05, 3.63) is 53.1 Å². The fourth-order valence-electron chi connectivity index (χ4n) is 1.80. The smallest absolute Gasteiger partial charge is 0.259 e. The number of amides is 1. The lowest BCUT2D eigenvalue weighted by Crippen LogP contribution is -2.13. The van der Waals surface area contributed by atoms with Gasteiger partial charge < -0.3 is 14.8 Å². The molecule has 5 heteroatoms. The predicted octanol–water partition coefficient (Wildman–Crippen LogP) is 3.61. The van der Waals surface area contributed by atoms with E-state index in [0.29, 0.717) is 27.8 Å². The second kappa shape index (κ2) is 6.30. The van der Waals surface area contributed by atoms with E-state index < -0.39 is 0 Å². The first-order valence-electron chi connectivity index (χ1n) is 5.93. The Balaban J connectivity index is 2.30. The average Bonchev–Trinajstić information content (AvgIpc) is 2.47. The van der Waals surface area contributed by atoms with Gasteiger partial charge in [-0.15, -0.1) is 0 Å². The van der Waals surface area contributed by atoms with Gasteiger partial charge >= 0.3 is 0 Å². The molecule has 0 saturated heterocycles. The van der Waals surface area contributed by atoms with Gasteiger partial charge in [-0.1, -0.05) is 23.7 Å². The van der Waals surface area contributed by atoms with Gasteiger partial charge in [0.05, 0.1) is 25.5 Å². The maximum atomic E-state index is 12.3. The lowest BCUT2D eigenvalue weighted by molar-refractivity contribution is 0.102. The first kappa shape index (κ1) is 14.2. The molecule has 1 N–H and O–H groups in total. The Morgan fingerprint density at radius 1 is 1.05 bits per heavy atom. The minimum absolute atomic E-state index is 0.289. The highest BCUT2D eigenvalue weighted by molar-refractivity contribution is 6.31. The molecule has 0 aromatic heterocycles. The van der Waals surface area contributed by atoms with Gasteiger partial charge in [0.25, 0.3) is 5.91 Å². The number of hydrogen-bond donors (Lipinski definition) is 1. The summed E-state index contributed by atoms with van der Waals surface area (Å²) in [5, 5.41) is 3.28. The van der Waals surface area contributed by atoms with Crippen LogP contribution in [0.5, 0.6) is 11.5 Å². The third-order valence-electron chi connectivity index (χ3n) is 2.76. The van der Waals surface area contributed by atoms with Crippen molar-refractivity contribution < 1.29 is 14.3 Å². The minimum atomic E-state index is -0.289. The van der Waals surface area contributed by atoms with E-state index in [9.17, 15) is 4.79 Å². The molecule has 2 aromatic rings. The number of benzene rings is 2. The van der Waals surface area contributed by atoms with Crippen LogP contribution in [-0.4, -0.2) is 20.1 Å². The molecule has 0 radical (unpaired) electrons. The van der Waals surface area contributed by atoms with Crippen LogP contribution in [-0.2, 0) is 0 Å². The Hall–Kier alpha value is -2.20. The van der Waals surface area contributed by atoms with E-state index in [1.807, 2.05) is 0 Å². The van der Waals surface area contributed by atoms with Crippen molar-refractivity contribution in [2.45, 2.75) is 0 Å². The fraction of sp³-hybridized carbons (Fsp3) is 0.133. The van der Waals surface area contributed by atoms with Crippen LogP contribution < -0.4 is 14.8 Å². The number of methoxy groups -OCH3 is 2. The van der Waals surface area contributed by atoms with E-state index in [0.717, 1.165) is 0 Å². The molecule has 0 bridgehead atoms. The van der Waals surface area contributed by atoms with E-state index in [1.165, 1.54) is 14.2 Å². The van der Waals surface area contributed by atoms with Gasteiger partial charge in [-0.25, -0.2) is 0 Å². The highest BCUT2D eigenvalue weighted by Crippen LogP contribution is 2.29. The van der Waals surface area contributed by atoms with Crippen molar-refractivity contribution in [1.82, 2.24) is 0 Å². The number of rotatable bonds is 4. The third kappa shape index (κ3) is 3.03. The number of carbonyl (C=O) groups is 1. The quantitative estimate of drug-likeness (QED) is 0.936. The fourth-order valence-corrected chi connectivity index (χ4v) is 1.97. The average molecular weight is 292 g/mol. The van der Waals surface area contributed by atoms with Gasteiger partial charge in [0, 0.05) is 5.02 Å². The summed E-state index contributed by atoms with van der Waals surface area (Å²) >= 11 is 5.93. The van der Waals surface area contributed by atoms with Crippen LogP contribution >= 0.6 is 11.6 Å². The van der Waals surface area contributed by atoms with E-state index in [1.54, 1.807) is 42.5 Å². The Morgan fingerprint density at radius 3 is 2.45 bits per heavy atom. The molecule has 0 spiro atoms.